The summed E-state index contributed by atoms with van der Waals surface area (Å²) in [6.07, 6.45) is 3.20. The summed E-state index contributed by atoms with van der Waals surface area (Å²) in [7, 11) is 3.25. The standard InChI is InChI=1S/C32H44ClN3O5/c1-22(2)35(32(38)24-9-12-29(40-4)30(17-24)41-14-6-13-39-3)20-25-18-34-19-26(25)21-36(28-10-11-28)31(37)16-23-7-5-8-27(33)15-23/h5,7-9,12,15,17,22,25-26,28,34H,6,10-11,13-14,16,18-21H2,1-4H3/t25-,26-/m0/s1. The van der Waals surface area contributed by atoms with E-state index >= 15 is 0 Å². The molecule has 2 atom stereocenters. The van der Waals surface area contributed by atoms with E-state index in [1.807, 2.05) is 43.0 Å². The lowest BCUT2D eigenvalue weighted by molar-refractivity contribution is -0.131. The smallest absolute Gasteiger partial charge is 0.254 e. The van der Waals surface area contributed by atoms with Crippen LogP contribution in [0.15, 0.2) is 42.5 Å². The van der Waals surface area contributed by atoms with E-state index in [1.165, 1.54) is 0 Å². The van der Waals surface area contributed by atoms with E-state index in [0.29, 0.717) is 60.9 Å². The molecule has 2 aromatic rings. The molecule has 2 aromatic carbocycles. The molecule has 1 saturated carbocycles. The van der Waals surface area contributed by atoms with Crippen LogP contribution in [-0.2, 0) is 16.0 Å². The van der Waals surface area contributed by atoms with Crippen LogP contribution in [0.25, 0.3) is 0 Å². The Morgan fingerprint density at radius 1 is 1.00 bits per heavy atom. The minimum absolute atomic E-state index is 0.0147. The second-order valence-electron chi connectivity index (χ2n) is 11.4. The van der Waals surface area contributed by atoms with Gasteiger partial charge in [-0.15, -0.1) is 0 Å². The lowest BCUT2D eigenvalue weighted by Gasteiger charge is -2.34. The number of hydrogen-bond acceptors (Lipinski definition) is 6. The molecule has 8 nitrogen and oxygen atoms in total. The van der Waals surface area contributed by atoms with Crippen molar-refractivity contribution in [1.29, 1.82) is 0 Å². The summed E-state index contributed by atoms with van der Waals surface area (Å²) >= 11 is 6.16. The van der Waals surface area contributed by atoms with Crippen LogP contribution in [0, 0.1) is 11.8 Å². The van der Waals surface area contributed by atoms with Gasteiger partial charge in [-0.2, -0.15) is 0 Å². The normalized spacial score (nSPS) is 18.4. The van der Waals surface area contributed by atoms with Crippen LogP contribution in [0.1, 0.15) is 49.0 Å². The summed E-state index contributed by atoms with van der Waals surface area (Å²) in [4.78, 5) is 31.2. The molecule has 1 saturated heterocycles. The lowest BCUT2D eigenvalue weighted by atomic mass is 9.93. The van der Waals surface area contributed by atoms with Crippen LogP contribution in [0.4, 0.5) is 0 Å². The molecule has 41 heavy (non-hydrogen) atoms. The molecule has 0 spiro atoms. The second-order valence-corrected chi connectivity index (χ2v) is 11.8. The van der Waals surface area contributed by atoms with E-state index in [1.54, 1.807) is 32.4 Å². The maximum atomic E-state index is 13.8. The monoisotopic (exact) mass is 585 g/mol. The SMILES string of the molecule is COCCCOc1cc(C(=O)N(C[C@@H]2CNC[C@H]2CN(C(=O)Cc2cccc(Cl)c2)C2CC2)C(C)C)ccc1OC. The topological polar surface area (TPSA) is 80.3 Å². The van der Waals surface area contributed by atoms with Gasteiger partial charge >= 0.3 is 0 Å². The van der Waals surface area contributed by atoms with Crippen molar-refractivity contribution in [2.24, 2.45) is 11.8 Å². The maximum Gasteiger partial charge on any atom is 0.254 e. The first-order chi connectivity index (χ1) is 19.8. The Hall–Kier alpha value is -2.81. The molecule has 4 rings (SSSR count). The zero-order valence-electron chi connectivity index (χ0n) is 24.7. The van der Waals surface area contributed by atoms with Crippen molar-refractivity contribution in [2.75, 3.05) is 53.6 Å². The van der Waals surface area contributed by atoms with E-state index in [0.717, 1.165) is 37.9 Å². The first-order valence-electron chi connectivity index (χ1n) is 14.7. The highest BCUT2D eigenvalue weighted by molar-refractivity contribution is 6.30. The molecule has 9 heteroatoms. The van der Waals surface area contributed by atoms with E-state index < -0.39 is 0 Å². The fraction of sp³-hybridized carbons (Fsp3) is 0.562. The molecule has 0 unspecified atom stereocenters. The van der Waals surface area contributed by atoms with Crippen LogP contribution in [-0.4, -0.2) is 87.3 Å². The zero-order chi connectivity index (χ0) is 29.4. The molecule has 224 valence electrons. The third-order valence-electron chi connectivity index (χ3n) is 7.94. The second kappa shape index (κ2) is 14.9. The summed E-state index contributed by atoms with van der Waals surface area (Å²) in [5, 5.41) is 4.17. The van der Waals surface area contributed by atoms with Crippen LogP contribution < -0.4 is 14.8 Å². The van der Waals surface area contributed by atoms with Crippen molar-refractivity contribution in [3.05, 3.63) is 58.6 Å². The lowest BCUT2D eigenvalue weighted by Crippen LogP contribution is -2.45. The Balaban J connectivity index is 1.43. The van der Waals surface area contributed by atoms with Gasteiger partial charge in [-0.1, -0.05) is 23.7 Å². The van der Waals surface area contributed by atoms with Crippen molar-refractivity contribution in [2.45, 2.75) is 51.6 Å². The first kappa shape index (κ1) is 31.1. The highest BCUT2D eigenvalue weighted by Crippen LogP contribution is 2.32. The highest BCUT2D eigenvalue weighted by atomic mass is 35.5. The number of nitrogens with one attached hydrogen (secondary N) is 1. The number of rotatable bonds is 15. The fourth-order valence-corrected chi connectivity index (χ4v) is 5.70. The number of halogens is 1. The average molecular weight is 586 g/mol. The van der Waals surface area contributed by atoms with E-state index in [2.05, 4.69) is 10.2 Å². The Bertz CT molecular complexity index is 1170. The molecule has 0 radical (unpaired) electrons. The van der Waals surface area contributed by atoms with Crippen LogP contribution in [0.3, 0.4) is 0 Å². The van der Waals surface area contributed by atoms with Gasteiger partial charge in [0.1, 0.15) is 0 Å². The van der Waals surface area contributed by atoms with Crippen molar-refractivity contribution >= 4 is 23.4 Å². The molecule has 2 amide bonds. The van der Waals surface area contributed by atoms with Gasteiger partial charge in [-0.05, 0) is 74.4 Å². The number of carbonyl (C=O) groups excluding carboxylic acids is 2. The van der Waals surface area contributed by atoms with Crippen molar-refractivity contribution in [3.8, 4) is 11.5 Å². The molecule has 1 aliphatic carbocycles. The molecule has 2 aliphatic rings. The predicted molar refractivity (Wildman–Crippen MR) is 161 cm³/mol. The van der Waals surface area contributed by atoms with Gasteiger partial charge in [-0.3, -0.25) is 9.59 Å². The molecular formula is C32H44ClN3O5. The molecule has 1 heterocycles. The minimum atomic E-state index is -0.0360. The van der Waals surface area contributed by atoms with Gasteiger partial charge in [0, 0.05) is 69.0 Å². The number of nitrogens with zero attached hydrogens (tertiary/aromatic N) is 2. The fourth-order valence-electron chi connectivity index (χ4n) is 5.49. The first-order valence-corrected chi connectivity index (χ1v) is 15.0. The van der Waals surface area contributed by atoms with Gasteiger partial charge in [0.2, 0.25) is 5.91 Å². The number of ether oxygens (including phenoxy) is 3. The van der Waals surface area contributed by atoms with E-state index in [9.17, 15) is 9.59 Å². The average Bonchev–Trinajstić information content (AvgIpc) is 3.70. The van der Waals surface area contributed by atoms with E-state index in [4.69, 9.17) is 25.8 Å². The maximum absolute atomic E-state index is 13.8. The Labute approximate surface area is 249 Å². The minimum Gasteiger partial charge on any atom is -0.493 e. The molecule has 1 aliphatic heterocycles. The molecule has 0 aromatic heterocycles. The van der Waals surface area contributed by atoms with Crippen LogP contribution >= 0.6 is 11.6 Å². The largest absolute Gasteiger partial charge is 0.493 e. The Morgan fingerprint density at radius 2 is 1.76 bits per heavy atom. The van der Waals surface area contributed by atoms with Gasteiger partial charge in [0.05, 0.1) is 20.1 Å². The molecule has 1 N–H and O–H groups in total. The third kappa shape index (κ3) is 8.60. The predicted octanol–water partition coefficient (Wildman–Crippen LogP) is 4.68. The van der Waals surface area contributed by atoms with Gasteiger partial charge in [0.15, 0.2) is 11.5 Å². The zero-order valence-corrected chi connectivity index (χ0v) is 25.5. The summed E-state index contributed by atoms with van der Waals surface area (Å²) in [5.41, 5.74) is 1.51. The third-order valence-corrected chi connectivity index (χ3v) is 8.17. The summed E-state index contributed by atoms with van der Waals surface area (Å²) in [6.45, 7) is 8.13. The number of hydrogen-bond donors (Lipinski definition) is 1. The summed E-state index contributed by atoms with van der Waals surface area (Å²) in [6, 6.07) is 13.2. The molecule has 0 bridgehead atoms. The van der Waals surface area contributed by atoms with Crippen molar-refractivity contribution in [1.82, 2.24) is 15.1 Å². The van der Waals surface area contributed by atoms with Crippen LogP contribution in [0.2, 0.25) is 5.02 Å². The van der Waals surface area contributed by atoms with Gasteiger partial charge in [-0.25, -0.2) is 0 Å². The van der Waals surface area contributed by atoms with Crippen LogP contribution in [0.5, 0.6) is 11.5 Å². The quantitative estimate of drug-likeness (QED) is 0.306. The Morgan fingerprint density at radius 3 is 2.41 bits per heavy atom. The van der Waals surface area contributed by atoms with Crippen molar-refractivity contribution < 1.29 is 23.8 Å². The number of carbonyl (C=O) groups is 2. The number of methoxy groups -OCH3 is 2. The number of amides is 2. The molecule has 2 fully saturated rings. The highest BCUT2D eigenvalue weighted by Gasteiger charge is 2.38. The summed E-state index contributed by atoms with van der Waals surface area (Å²) < 4.78 is 16.5. The Kier molecular flexibility index (Phi) is 11.3. The van der Waals surface area contributed by atoms with E-state index in [-0.39, 0.29) is 29.7 Å². The summed E-state index contributed by atoms with van der Waals surface area (Å²) in [5.74, 6) is 1.77. The van der Waals surface area contributed by atoms with Crippen molar-refractivity contribution in [3.63, 3.8) is 0 Å². The molecular weight excluding hydrogens is 542 g/mol. The van der Waals surface area contributed by atoms with Gasteiger partial charge < -0.3 is 29.3 Å². The number of benzene rings is 2. The van der Waals surface area contributed by atoms with Gasteiger partial charge in [0.25, 0.3) is 5.91 Å².